The quantitative estimate of drug-likeness (QED) is 0.449. The topological polar surface area (TPSA) is 80.7 Å². The monoisotopic (exact) mass is 278 g/mol. The van der Waals surface area contributed by atoms with E-state index in [1.165, 1.54) is 0 Å². The number of hydrogen-bond donors (Lipinski definition) is 1. The van der Waals surface area contributed by atoms with Gasteiger partial charge in [-0.3, -0.25) is 9.59 Å². The second kappa shape index (κ2) is 8.09. The van der Waals surface area contributed by atoms with E-state index >= 15 is 0 Å². The molecule has 0 amide bonds. The first kappa shape index (κ1) is 15.9. The number of esters is 1. The van der Waals surface area contributed by atoms with Crippen LogP contribution in [0.15, 0.2) is 24.3 Å². The summed E-state index contributed by atoms with van der Waals surface area (Å²) in [6.07, 6.45) is 1.42. The Morgan fingerprint density at radius 3 is 2.10 bits per heavy atom. The molecule has 0 aromatic heterocycles. The fraction of sp³-hybridized carbons (Fsp3) is 0.400. The molecule has 1 aromatic carbocycles. The zero-order chi connectivity index (χ0) is 15.0. The molecule has 0 fully saturated rings. The number of ketones is 1. The molecule has 1 N–H and O–H groups in total. The first-order valence-corrected chi connectivity index (χ1v) is 6.56. The van der Waals surface area contributed by atoms with Gasteiger partial charge in [0.05, 0.1) is 12.2 Å². The van der Waals surface area contributed by atoms with Crippen LogP contribution >= 0.6 is 0 Å². The Hall–Kier alpha value is -2.17. The summed E-state index contributed by atoms with van der Waals surface area (Å²) in [6, 6.07) is 6.29. The number of Topliss-reactive ketones (excluding diaryl/α,β-unsaturated/α-hetero) is 1. The van der Waals surface area contributed by atoms with Crippen LogP contribution in [0.5, 0.6) is 0 Å². The predicted octanol–water partition coefficient (Wildman–Crippen LogP) is 2.69. The minimum Gasteiger partial charge on any atom is -0.481 e. The van der Waals surface area contributed by atoms with Crippen molar-refractivity contribution in [2.75, 3.05) is 6.61 Å². The highest BCUT2D eigenvalue weighted by molar-refractivity contribution is 5.97. The van der Waals surface area contributed by atoms with Gasteiger partial charge in [-0.25, -0.2) is 4.79 Å². The Balaban J connectivity index is 2.49. The lowest BCUT2D eigenvalue weighted by Gasteiger charge is -2.03. The second-order valence-electron chi connectivity index (χ2n) is 4.32. The van der Waals surface area contributed by atoms with E-state index < -0.39 is 11.9 Å². The summed E-state index contributed by atoms with van der Waals surface area (Å²) in [7, 11) is 0. The van der Waals surface area contributed by atoms with E-state index in [9.17, 15) is 14.4 Å². The molecule has 1 aromatic rings. The number of rotatable bonds is 8. The molecule has 0 saturated heterocycles. The van der Waals surface area contributed by atoms with E-state index in [2.05, 4.69) is 0 Å². The minimum atomic E-state index is -0.851. The Labute approximate surface area is 117 Å². The smallest absolute Gasteiger partial charge is 0.338 e. The number of benzene rings is 1. The van der Waals surface area contributed by atoms with Crippen LogP contribution in [0.1, 0.15) is 53.3 Å². The summed E-state index contributed by atoms with van der Waals surface area (Å²) in [5.41, 5.74) is 0.933. The maximum Gasteiger partial charge on any atom is 0.338 e. The molecule has 5 heteroatoms. The van der Waals surface area contributed by atoms with Gasteiger partial charge in [-0.2, -0.15) is 0 Å². The molecule has 0 heterocycles. The highest BCUT2D eigenvalue weighted by Gasteiger charge is 2.09. The fourth-order valence-electron chi connectivity index (χ4n) is 1.71. The molecule has 20 heavy (non-hydrogen) atoms. The van der Waals surface area contributed by atoms with Crippen molar-refractivity contribution < 1.29 is 24.2 Å². The van der Waals surface area contributed by atoms with Crippen molar-refractivity contribution in [2.24, 2.45) is 0 Å². The molecule has 0 aliphatic heterocycles. The zero-order valence-electron chi connectivity index (χ0n) is 11.4. The van der Waals surface area contributed by atoms with Crippen molar-refractivity contribution >= 4 is 17.7 Å². The van der Waals surface area contributed by atoms with Crippen molar-refractivity contribution in [3.05, 3.63) is 35.4 Å². The van der Waals surface area contributed by atoms with Crippen molar-refractivity contribution in [3.63, 3.8) is 0 Å². The van der Waals surface area contributed by atoms with Crippen molar-refractivity contribution in [1.82, 2.24) is 0 Å². The summed E-state index contributed by atoms with van der Waals surface area (Å²) in [4.78, 5) is 33.6. The molecule has 5 nitrogen and oxygen atoms in total. The summed E-state index contributed by atoms with van der Waals surface area (Å²) in [5.74, 6) is -1.31. The minimum absolute atomic E-state index is 0.0502. The van der Waals surface area contributed by atoms with Gasteiger partial charge >= 0.3 is 11.9 Å². The normalized spacial score (nSPS) is 10.1. The van der Waals surface area contributed by atoms with E-state index in [1.807, 2.05) is 0 Å². The Bertz CT molecular complexity index is 476. The third kappa shape index (κ3) is 5.22. The number of ether oxygens (including phenoxy) is 1. The molecular weight excluding hydrogens is 260 g/mol. The molecule has 0 spiro atoms. The van der Waals surface area contributed by atoms with Crippen molar-refractivity contribution in [2.45, 2.75) is 32.6 Å². The van der Waals surface area contributed by atoms with Gasteiger partial charge in [0, 0.05) is 18.4 Å². The van der Waals surface area contributed by atoms with Crippen LogP contribution in [0, 0.1) is 0 Å². The van der Waals surface area contributed by atoms with Crippen LogP contribution in [0.2, 0.25) is 0 Å². The van der Waals surface area contributed by atoms with Gasteiger partial charge in [-0.1, -0.05) is 12.1 Å². The largest absolute Gasteiger partial charge is 0.481 e. The van der Waals surface area contributed by atoms with Gasteiger partial charge in [-0.15, -0.1) is 0 Å². The van der Waals surface area contributed by atoms with Crippen LogP contribution in [-0.2, 0) is 9.53 Å². The van der Waals surface area contributed by atoms with Crippen molar-refractivity contribution in [1.29, 1.82) is 0 Å². The Morgan fingerprint density at radius 1 is 1.00 bits per heavy atom. The van der Waals surface area contributed by atoms with Gasteiger partial charge in [0.15, 0.2) is 5.78 Å². The number of carbonyl (C=O) groups excluding carboxylic acids is 2. The lowest BCUT2D eigenvalue weighted by Crippen LogP contribution is -2.05. The molecular formula is C15H18O5. The van der Waals surface area contributed by atoms with Crippen LogP contribution < -0.4 is 0 Å². The van der Waals surface area contributed by atoms with E-state index in [0.717, 1.165) is 0 Å². The predicted molar refractivity (Wildman–Crippen MR) is 72.8 cm³/mol. The third-order valence-corrected chi connectivity index (χ3v) is 2.76. The molecule has 0 bridgehead atoms. The average molecular weight is 278 g/mol. The molecule has 0 saturated carbocycles. The summed E-state index contributed by atoms with van der Waals surface area (Å²) in [5, 5.41) is 8.49. The fourth-order valence-corrected chi connectivity index (χ4v) is 1.71. The highest BCUT2D eigenvalue weighted by atomic mass is 16.5. The number of carboxylic acid groups (broad SMARTS) is 1. The third-order valence-electron chi connectivity index (χ3n) is 2.76. The molecule has 108 valence electrons. The van der Waals surface area contributed by atoms with Crippen LogP contribution in [0.3, 0.4) is 0 Å². The summed E-state index contributed by atoms with van der Waals surface area (Å²) in [6.45, 7) is 2.04. The SMILES string of the molecule is CCOC(=O)c1ccc(C(=O)CCCCC(=O)O)cc1. The molecule has 0 radical (unpaired) electrons. The second-order valence-corrected chi connectivity index (χ2v) is 4.32. The number of carbonyl (C=O) groups is 3. The van der Waals surface area contributed by atoms with E-state index in [4.69, 9.17) is 9.84 Å². The maximum absolute atomic E-state index is 11.8. The standard InChI is InChI=1S/C15H18O5/c1-2-20-15(19)12-9-7-11(8-10-12)13(16)5-3-4-6-14(17)18/h7-10H,2-6H2,1H3,(H,17,18). The summed E-state index contributed by atoms with van der Waals surface area (Å²) >= 11 is 0. The van der Waals surface area contributed by atoms with Gasteiger partial charge in [0.2, 0.25) is 0 Å². The lowest BCUT2D eigenvalue weighted by atomic mass is 10.0. The van der Waals surface area contributed by atoms with Crippen LogP contribution in [0.4, 0.5) is 0 Å². The number of carboxylic acids is 1. The van der Waals surface area contributed by atoms with Crippen LogP contribution in [0.25, 0.3) is 0 Å². The number of hydrogen-bond acceptors (Lipinski definition) is 4. The zero-order valence-corrected chi connectivity index (χ0v) is 11.4. The maximum atomic E-state index is 11.8. The molecule has 0 aliphatic rings. The Morgan fingerprint density at radius 2 is 1.55 bits per heavy atom. The van der Waals surface area contributed by atoms with Gasteiger partial charge in [0.1, 0.15) is 0 Å². The molecule has 0 unspecified atom stereocenters. The van der Waals surface area contributed by atoms with Crippen LogP contribution in [-0.4, -0.2) is 29.4 Å². The first-order valence-electron chi connectivity index (χ1n) is 6.56. The van der Waals surface area contributed by atoms with Crippen molar-refractivity contribution in [3.8, 4) is 0 Å². The lowest BCUT2D eigenvalue weighted by molar-refractivity contribution is -0.137. The van der Waals surface area contributed by atoms with E-state index in [1.54, 1.807) is 31.2 Å². The summed E-state index contributed by atoms with van der Waals surface area (Å²) < 4.78 is 4.85. The Kier molecular flexibility index (Phi) is 6.43. The molecule has 0 atom stereocenters. The highest BCUT2D eigenvalue weighted by Crippen LogP contribution is 2.11. The van der Waals surface area contributed by atoms with Gasteiger partial charge in [-0.05, 0) is 31.9 Å². The van der Waals surface area contributed by atoms with Gasteiger partial charge < -0.3 is 9.84 Å². The average Bonchev–Trinajstić information content (AvgIpc) is 2.43. The van der Waals surface area contributed by atoms with Gasteiger partial charge in [0.25, 0.3) is 0 Å². The molecule has 1 rings (SSSR count). The molecule has 0 aliphatic carbocycles. The van der Waals surface area contributed by atoms with E-state index in [-0.39, 0.29) is 12.2 Å². The number of aliphatic carboxylic acids is 1. The number of unbranched alkanes of at least 4 members (excludes halogenated alkanes) is 1. The van der Waals surface area contributed by atoms with E-state index in [0.29, 0.717) is 37.0 Å². The first-order chi connectivity index (χ1) is 9.54.